The number of aryl methyl sites for hydroxylation is 1. The molecule has 0 aliphatic carbocycles. The monoisotopic (exact) mass is 197 g/mol. The molecule has 13 heavy (non-hydrogen) atoms. The van der Waals surface area contributed by atoms with Gasteiger partial charge in [0.15, 0.2) is 0 Å². The van der Waals surface area contributed by atoms with Crippen molar-refractivity contribution in [3.63, 3.8) is 0 Å². The van der Waals surface area contributed by atoms with Crippen molar-refractivity contribution < 1.29 is 0 Å². The number of nitrogens with zero attached hydrogens (tertiary/aromatic N) is 2. The van der Waals surface area contributed by atoms with Crippen molar-refractivity contribution in [2.24, 2.45) is 5.73 Å². The minimum Gasteiger partial charge on any atom is -0.322 e. The summed E-state index contributed by atoms with van der Waals surface area (Å²) in [6, 6.07) is 7.41. The van der Waals surface area contributed by atoms with Gasteiger partial charge in [-0.25, -0.2) is 0 Å². The molecule has 1 aromatic heterocycles. The Morgan fingerprint density at radius 1 is 1.62 bits per heavy atom. The van der Waals surface area contributed by atoms with Crippen molar-refractivity contribution in [3.05, 3.63) is 29.6 Å². The summed E-state index contributed by atoms with van der Waals surface area (Å²) in [6.07, 6.45) is 0.316. The van der Waals surface area contributed by atoms with E-state index in [0.29, 0.717) is 6.42 Å². The van der Waals surface area contributed by atoms with E-state index in [2.05, 4.69) is 4.98 Å². The summed E-state index contributed by atoms with van der Waals surface area (Å²) in [5.74, 6) is 0. The molecule has 0 radical (unpaired) electrons. The van der Waals surface area contributed by atoms with Crippen molar-refractivity contribution in [1.29, 1.82) is 5.26 Å². The van der Waals surface area contributed by atoms with Gasteiger partial charge in [0.1, 0.15) is 0 Å². The standard InChI is InChI=1S/C9H11N3.ClH/c1-7-3-2-4-9(12-7)8(11)5-6-10;/h2-4,8H,5,11H2,1H3;1H/t8-;/m1./s1. The van der Waals surface area contributed by atoms with Crippen LogP contribution < -0.4 is 5.73 Å². The fourth-order valence-corrected chi connectivity index (χ4v) is 0.974. The van der Waals surface area contributed by atoms with Crippen LogP contribution in [0.1, 0.15) is 23.9 Å². The van der Waals surface area contributed by atoms with E-state index >= 15 is 0 Å². The Morgan fingerprint density at radius 2 is 2.31 bits per heavy atom. The van der Waals surface area contributed by atoms with Gasteiger partial charge in [0.05, 0.1) is 24.2 Å². The number of nitrogens with two attached hydrogens (primary N) is 1. The number of halogens is 1. The van der Waals surface area contributed by atoms with E-state index in [0.717, 1.165) is 11.4 Å². The summed E-state index contributed by atoms with van der Waals surface area (Å²) in [5, 5.41) is 8.41. The first-order valence-electron chi connectivity index (χ1n) is 3.80. The molecule has 0 aromatic carbocycles. The molecule has 70 valence electrons. The maximum Gasteiger partial charge on any atom is 0.0642 e. The van der Waals surface area contributed by atoms with E-state index in [1.807, 2.05) is 31.2 Å². The summed E-state index contributed by atoms with van der Waals surface area (Å²) in [5.41, 5.74) is 7.41. The molecule has 0 saturated carbocycles. The van der Waals surface area contributed by atoms with Crippen LogP contribution in [-0.4, -0.2) is 4.98 Å². The largest absolute Gasteiger partial charge is 0.322 e. The van der Waals surface area contributed by atoms with Crippen molar-refractivity contribution in [3.8, 4) is 6.07 Å². The third kappa shape index (κ3) is 3.41. The molecule has 1 atom stereocenters. The zero-order valence-corrected chi connectivity index (χ0v) is 8.21. The highest BCUT2D eigenvalue weighted by molar-refractivity contribution is 5.85. The summed E-state index contributed by atoms with van der Waals surface area (Å²) in [6.45, 7) is 1.91. The van der Waals surface area contributed by atoms with Crippen LogP contribution in [0.15, 0.2) is 18.2 Å². The maximum atomic E-state index is 8.41. The Bertz CT molecular complexity index is 306. The average molecular weight is 198 g/mol. The summed E-state index contributed by atoms with van der Waals surface area (Å²) in [4.78, 5) is 4.22. The highest BCUT2D eigenvalue weighted by Gasteiger charge is 2.05. The lowest BCUT2D eigenvalue weighted by Crippen LogP contribution is -2.11. The highest BCUT2D eigenvalue weighted by Crippen LogP contribution is 2.10. The van der Waals surface area contributed by atoms with E-state index in [-0.39, 0.29) is 18.4 Å². The van der Waals surface area contributed by atoms with Gasteiger partial charge in [-0.1, -0.05) is 6.07 Å². The Morgan fingerprint density at radius 3 is 2.85 bits per heavy atom. The number of rotatable bonds is 2. The van der Waals surface area contributed by atoms with Crippen LogP contribution in [-0.2, 0) is 0 Å². The molecule has 4 heteroatoms. The summed E-state index contributed by atoms with van der Waals surface area (Å²) < 4.78 is 0. The van der Waals surface area contributed by atoms with Gasteiger partial charge in [0, 0.05) is 5.69 Å². The lowest BCUT2D eigenvalue weighted by molar-refractivity contribution is 0.716. The van der Waals surface area contributed by atoms with Crippen molar-refractivity contribution in [2.75, 3.05) is 0 Å². The normalized spacial score (nSPS) is 11.2. The van der Waals surface area contributed by atoms with Gasteiger partial charge in [0.25, 0.3) is 0 Å². The van der Waals surface area contributed by atoms with Crippen LogP contribution in [0.5, 0.6) is 0 Å². The molecule has 0 unspecified atom stereocenters. The number of pyridine rings is 1. The number of nitriles is 1. The van der Waals surface area contributed by atoms with Gasteiger partial charge in [-0.3, -0.25) is 4.98 Å². The molecule has 0 amide bonds. The second kappa shape index (κ2) is 5.52. The fraction of sp³-hybridized carbons (Fsp3) is 0.333. The van der Waals surface area contributed by atoms with Gasteiger partial charge in [-0.05, 0) is 19.1 Å². The molecule has 1 heterocycles. The Kier molecular flexibility index (Phi) is 5.05. The van der Waals surface area contributed by atoms with Crippen LogP contribution in [0, 0.1) is 18.3 Å². The second-order valence-electron chi connectivity index (χ2n) is 2.67. The molecule has 0 fully saturated rings. The molecule has 3 nitrogen and oxygen atoms in total. The molecule has 1 aromatic rings. The topological polar surface area (TPSA) is 62.7 Å². The van der Waals surface area contributed by atoms with Crippen molar-refractivity contribution >= 4 is 12.4 Å². The van der Waals surface area contributed by atoms with Crippen LogP contribution in [0.25, 0.3) is 0 Å². The highest BCUT2D eigenvalue weighted by atomic mass is 35.5. The van der Waals surface area contributed by atoms with E-state index in [9.17, 15) is 0 Å². The van der Waals surface area contributed by atoms with Gasteiger partial charge in [0.2, 0.25) is 0 Å². The lowest BCUT2D eigenvalue weighted by atomic mass is 10.1. The van der Waals surface area contributed by atoms with Gasteiger partial charge in [-0.15, -0.1) is 12.4 Å². The van der Waals surface area contributed by atoms with Crippen molar-refractivity contribution in [2.45, 2.75) is 19.4 Å². The van der Waals surface area contributed by atoms with Gasteiger partial charge < -0.3 is 5.73 Å². The first-order chi connectivity index (χ1) is 5.74. The molecule has 1 rings (SSSR count). The molecule has 0 saturated heterocycles. The fourth-order valence-electron chi connectivity index (χ4n) is 0.974. The predicted molar refractivity (Wildman–Crippen MR) is 53.4 cm³/mol. The third-order valence-electron chi connectivity index (χ3n) is 1.60. The number of hydrogen-bond donors (Lipinski definition) is 1. The average Bonchev–Trinajstić information content (AvgIpc) is 2.05. The van der Waals surface area contributed by atoms with E-state index < -0.39 is 0 Å². The maximum absolute atomic E-state index is 8.41. The minimum atomic E-state index is -0.255. The molecule has 0 aliphatic heterocycles. The summed E-state index contributed by atoms with van der Waals surface area (Å²) >= 11 is 0. The van der Waals surface area contributed by atoms with E-state index in [4.69, 9.17) is 11.0 Å². The molecule has 0 aliphatic rings. The zero-order chi connectivity index (χ0) is 8.97. The van der Waals surface area contributed by atoms with Crippen LogP contribution in [0.3, 0.4) is 0 Å². The Hall–Kier alpha value is -1.11. The molecular formula is C9H12ClN3. The molecule has 2 N–H and O–H groups in total. The Balaban J connectivity index is 0.00000144. The van der Waals surface area contributed by atoms with Crippen molar-refractivity contribution in [1.82, 2.24) is 4.98 Å². The second-order valence-corrected chi connectivity index (χ2v) is 2.67. The molecule has 0 spiro atoms. The number of aromatic nitrogens is 1. The van der Waals surface area contributed by atoms with Gasteiger partial charge >= 0.3 is 0 Å². The first-order valence-corrected chi connectivity index (χ1v) is 3.80. The van der Waals surface area contributed by atoms with Gasteiger partial charge in [-0.2, -0.15) is 5.26 Å². The lowest BCUT2D eigenvalue weighted by Gasteiger charge is -2.06. The Labute approximate surface area is 84.0 Å². The molecular weight excluding hydrogens is 186 g/mol. The van der Waals surface area contributed by atoms with Crippen LogP contribution in [0.2, 0.25) is 0 Å². The van der Waals surface area contributed by atoms with Crippen LogP contribution in [0.4, 0.5) is 0 Å². The third-order valence-corrected chi connectivity index (χ3v) is 1.60. The number of hydrogen-bond acceptors (Lipinski definition) is 3. The van der Waals surface area contributed by atoms with E-state index in [1.54, 1.807) is 0 Å². The summed E-state index contributed by atoms with van der Waals surface area (Å²) in [7, 11) is 0. The minimum absolute atomic E-state index is 0. The predicted octanol–water partition coefficient (Wildman–Crippen LogP) is 1.73. The zero-order valence-electron chi connectivity index (χ0n) is 7.40. The first kappa shape index (κ1) is 11.9. The smallest absolute Gasteiger partial charge is 0.0642 e. The SMILES string of the molecule is Cc1cccc([C@H](N)CC#N)n1.Cl. The van der Waals surface area contributed by atoms with E-state index in [1.165, 1.54) is 0 Å². The van der Waals surface area contributed by atoms with Crippen LogP contribution >= 0.6 is 12.4 Å². The molecule has 0 bridgehead atoms. The quantitative estimate of drug-likeness (QED) is 0.786.